The van der Waals surface area contributed by atoms with Crippen LogP contribution in [-0.2, 0) is 0 Å². The zero-order chi connectivity index (χ0) is 19.1. The van der Waals surface area contributed by atoms with Crippen LogP contribution in [0.4, 0.5) is 0 Å². The maximum Gasteiger partial charge on any atom is -0.00987 e. The van der Waals surface area contributed by atoms with E-state index in [1.807, 2.05) is 0 Å². The Hall–Kier alpha value is -3.38. The van der Waals surface area contributed by atoms with Crippen molar-refractivity contribution >= 4 is 21.5 Å². The first-order valence-corrected chi connectivity index (χ1v) is 9.80. The Balaban J connectivity index is 1.84. The lowest BCUT2D eigenvalue weighted by atomic mass is 9.88. The molecule has 0 amide bonds. The highest BCUT2D eigenvalue weighted by atomic mass is 14.2. The molecule has 0 heterocycles. The summed E-state index contributed by atoms with van der Waals surface area (Å²) in [5.74, 6) is 0. The van der Waals surface area contributed by atoms with Crippen molar-refractivity contribution in [3.8, 4) is 22.3 Å². The summed E-state index contributed by atoms with van der Waals surface area (Å²) in [5.41, 5.74) is 7.83. The fraction of sp³-hybridized carbons (Fsp3) is 0.0714. The van der Waals surface area contributed by atoms with Crippen molar-refractivity contribution in [2.45, 2.75) is 13.8 Å². The molecule has 0 bridgehead atoms. The number of hydrogen-bond acceptors (Lipinski definition) is 0. The Morgan fingerprint density at radius 1 is 0.321 bits per heavy atom. The molecule has 0 saturated carbocycles. The molecule has 0 aliphatic heterocycles. The first-order chi connectivity index (χ1) is 13.7. The van der Waals surface area contributed by atoms with E-state index in [1.54, 1.807) is 0 Å². The topological polar surface area (TPSA) is 0 Å². The Morgan fingerprint density at radius 2 is 0.750 bits per heavy atom. The Labute approximate surface area is 166 Å². The van der Waals surface area contributed by atoms with Crippen molar-refractivity contribution in [2.24, 2.45) is 0 Å². The molecule has 0 aliphatic carbocycles. The Morgan fingerprint density at radius 3 is 1.36 bits per heavy atom. The quantitative estimate of drug-likeness (QED) is 0.300. The largest absolute Gasteiger partial charge is 0.0620 e. The maximum atomic E-state index is 2.29. The van der Waals surface area contributed by atoms with E-state index in [-0.39, 0.29) is 0 Å². The molecule has 0 fully saturated rings. The van der Waals surface area contributed by atoms with Gasteiger partial charge in [-0.15, -0.1) is 0 Å². The van der Waals surface area contributed by atoms with Gasteiger partial charge in [-0.1, -0.05) is 97.1 Å². The lowest BCUT2D eigenvalue weighted by Gasteiger charge is -2.15. The second kappa shape index (κ2) is 6.65. The van der Waals surface area contributed by atoms with Gasteiger partial charge in [0.15, 0.2) is 0 Å². The monoisotopic (exact) mass is 358 g/mol. The third kappa shape index (κ3) is 2.61. The molecular formula is C28H22. The van der Waals surface area contributed by atoms with E-state index in [9.17, 15) is 0 Å². The molecule has 0 atom stereocenters. The fourth-order valence-electron chi connectivity index (χ4n) is 4.33. The molecule has 5 rings (SSSR count). The van der Waals surface area contributed by atoms with Crippen LogP contribution in [0.2, 0.25) is 0 Å². The Bertz CT molecular complexity index is 1320. The van der Waals surface area contributed by atoms with Crippen LogP contribution in [0.15, 0.2) is 97.1 Å². The lowest BCUT2D eigenvalue weighted by Crippen LogP contribution is -1.89. The van der Waals surface area contributed by atoms with E-state index in [1.165, 1.54) is 54.9 Å². The van der Waals surface area contributed by atoms with Crippen LogP contribution in [0.5, 0.6) is 0 Å². The zero-order valence-corrected chi connectivity index (χ0v) is 16.2. The number of fused-ring (bicyclic) bond motifs is 2. The van der Waals surface area contributed by atoms with Gasteiger partial charge in [0.1, 0.15) is 0 Å². The van der Waals surface area contributed by atoms with Crippen LogP contribution in [0.25, 0.3) is 43.8 Å². The molecule has 28 heavy (non-hydrogen) atoms. The average Bonchev–Trinajstić information content (AvgIpc) is 2.74. The first kappa shape index (κ1) is 16.8. The van der Waals surface area contributed by atoms with E-state index in [2.05, 4.69) is 111 Å². The van der Waals surface area contributed by atoms with Crippen LogP contribution >= 0.6 is 0 Å². The van der Waals surface area contributed by atoms with Crippen molar-refractivity contribution in [3.05, 3.63) is 108 Å². The van der Waals surface area contributed by atoms with Crippen LogP contribution < -0.4 is 0 Å². The lowest BCUT2D eigenvalue weighted by molar-refractivity contribution is 1.47. The predicted molar refractivity (Wildman–Crippen MR) is 122 cm³/mol. The van der Waals surface area contributed by atoms with Crippen LogP contribution in [0.1, 0.15) is 11.1 Å². The molecule has 0 heteroatoms. The summed E-state index contributed by atoms with van der Waals surface area (Å²) >= 11 is 0. The van der Waals surface area contributed by atoms with E-state index in [4.69, 9.17) is 0 Å². The van der Waals surface area contributed by atoms with Gasteiger partial charge in [0.25, 0.3) is 0 Å². The van der Waals surface area contributed by atoms with Crippen molar-refractivity contribution in [1.29, 1.82) is 0 Å². The van der Waals surface area contributed by atoms with Gasteiger partial charge in [-0.3, -0.25) is 0 Å². The number of aryl methyl sites for hydroxylation is 2. The minimum Gasteiger partial charge on any atom is -0.0620 e. The number of hydrogen-bond donors (Lipinski definition) is 0. The van der Waals surface area contributed by atoms with Crippen LogP contribution in [-0.4, -0.2) is 0 Å². The average molecular weight is 358 g/mol. The summed E-state index contributed by atoms with van der Waals surface area (Å²) in [6, 6.07) is 35.2. The summed E-state index contributed by atoms with van der Waals surface area (Å²) in [6.45, 7) is 4.37. The van der Waals surface area contributed by atoms with E-state index >= 15 is 0 Å². The third-order valence-corrected chi connectivity index (χ3v) is 5.79. The molecule has 134 valence electrons. The SMILES string of the molecule is Cc1ccccc1-c1ccc(-c2ccc(C)c3ccccc23)c2ccccc12. The third-order valence-electron chi connectivity index (χ3n) is 5.79. The van der Waals surface area contributed by atoms with Crippen LogP contribution in [0, 0.1) is 13.8 Å². The Kier molecular flexibility index (Phi) is 3.98. The molecule has 0 unspecified atom stereocenters. The molecule has 0 spiro atoms. The summed E-state index contributed by atoms with van der Waals surface area (Å²) in [6.07, 6.45) is 0. The van der Waals surface area contributed by atoms with Gasteiger partial charge in [-0.25, -0.2) is 0 Å². The highest BCUT2D eigenvalue weighted by Gasteiger charge is 2.12. The molecule has 0 radical (unpaired) electrons. The molecular weight excluding hydrogens is 336 g/mol. The molecule has 5 aromatic rings. The van der Waals surface area contributed by atoms with Gasteiger partial charge >= 0.3 is 0 Å². The van der Waals surface area contributed by atoms with E-state index in [0.29, 0.717) is 0 Å². The summed E-state index contributed by atoms with van der Waals surface area (Å²) in [5, 5.41) is 5.25. The molecule has 5 aromatic carbocycles. The smallest absolute Gasteiger partial charge is 0.00987 e. The number of rotatable bonds is 2. The van der Waals surface area contributed by atoms with Crippen molar-refractivity contribution in [2.75, 3.05) is 0 Å². The first-order valence-electron chi connectivity index (χ1n) is 9.80. The summed E-state index contributed by atoms with van der Waals surface area (Å²) < 4.78 is 0. The van der Waals surface area contributed by atoms with Gasteiger partial charge in [-0.05, 0) is 68.8 Å². The molecule has 0 nitrogen and oxygen atoms in total. The molecule has 0 saturated heterocycles. The summed E-state index contributed by atoms with van der Waals surface area (Å²) in [7, 11) is 0. The minimum absolute atomic E-state index is 1.30. The van der Waals surface area contributed by atoms with Gasteiger partial charge < -0.3 is 0 Å². The van der Waals surface area contributed by atoms with Crippen molar-refractivity contribution in [3.63, 3.8) is 0 Å². The fourth-order valence-corrected chi connectivity index (χ4v) is 4.33. The van der Waals surface area contributed by atoms with Gasteiger partial charge in [0.2, 0.25) is 0 Å². The normalized spacial score (nSPS) is 11.2. The highest BCUT2D eigenvalue weighted by Crippen LogP contribution is 2.39. The molecule has 0 aromatic heterocycles. The standard InChI is InChI=1S/C28H22/c1-19-9-3-4-10-21(19)26-17-18-28(25-14-8-7-13-24(25)26)27-16-15-20(2)22-11-5-6-12-23(22)27/h3-18H,1-2H3. The van der Waals surface area contributed by atoms with Gasteiger partial charge in [-0.2, -0.15) is 0 Å². The minimum atomic E-state index is 1.30. The second-order valence-electron chi connectivity index (χ2n) is 7.50. The summed E-state index contributed by atoms with van der Waals surface area (Å²) in [4.78, 5) is 0. The zero-order valence-electron chi connectivity index (χ0n) is 16.2. The second-order valence-corrected chi connectivity index (χ2v) is 7.50. The maximum absolute atomic E-state index is 2.29. The highest BCUT2D eigenvalue weighted by molar-refractivity contribution is 6.10. The molecule has 0 N–H and O–H groups in total. The number of benzene rings is 5. The molecule has 0 aliphatic rings. The van der Waals surface area contributed by atoms with Crippen molar-refractivity contribution < 1.29 is 0 Å². The van der Waals surface area contributed by atoms with E-state index < -0.39 is 0 Å². The van der Waals surface area contributed by atoms with E-state index in [0.717, 1.165) is 0 Å². The van der Waals surface area contributed by atoms with Gasteiger partial charge in [0.05, 0.1) is 0 Å². The van der Waals surface area contributed by atoms with Crippen molar-refractivity contribution in [1.82, 2.24) is 0 Å². The van der Waals surface area contributed by atoms with Gasteiger partial charge in [0, 0.05) is 0 Å². The van der Waals surface area contributed by atoms with Crippen LogP contribution in [0.3, 0.4) is 0 Å². The predicted octanol–water partition coefficient (Wildman–Crippen LogP) is 7.94.